The molecule has 0 aliphatic heterocycles. The Morgan fingerprint density at radius 3 is 2.50 bits per heavy atom. The number of hydrogen-bond donors (Lipinski definition) is 0. The fourth-order valence-corrected chi connectivity index (χ4v) is 6.47. The zero-order valence-corrected chi connectivity index (χ0v) is 21.2. The average molecular weight is 447 g/mol. The van der Waals surface area contributed by atoms with E-state index in [0.717, 1.165) is 25.7 Å². The van der Waals surface area contributed by atoms with Crippen LogP contribution >= 0.6 is 0 Å². The van der Waals surface area contributed by atoms with Crippen LogP contribution in [-0.4, -0.2) is 0 Å². The fraction of sp³-hybridized carbons (Fsp3) is 0.353. The Morgan fingerprint density at radius 2 is 1.76 bits per heavy atom. The molecule has 3 aliphatic carbocycles. The predicted molar refractivity (Wildman–Crippen MR) is 147 cm³/mol. The van der Waals surface area contributed by atoms with E-state index in [2.05, 4.69) is 82.0 Å². The minimum atomic E-state index is 0.309. The van der Waals surface area contributed by atoms with E-state index >= 15 is 0 Å². The molecule has 3 aliphatic rings. The molecule has 2 aromatic rings. The summed E-state index contributed by atoms with van der Waals surface area (Å²) in [6, 6.07) is 16.4. The van der Waals surface area contributed by atoms with Crippen LogP contribution in [0, 0.1) is 5.92 Å². The van der Waals surface area contributed by atoms with E-state index in [9.17, 15) is 0 Å². The van der Waals surface area contributed by atoms with Crippen LogP contribution in [0.5, 0.6) is 0 Å². The van der Waals surface area contributed by atoms with Crippen molar-refractivity contribution < 1.29 is 0 Å². The van der Waals surface area contributed by atoms with Gasteiger partial charge in [0.05, 0.1) is 0 Å². The van der Waals surface area contributed by atoms with Crippen LogP contribution in [0.3, 0.4) is 0 Å². The predicted octanol–water partition coefficient (Wildman–Crippen LogP) is 9.09. The van der Waals surface area contributed by atoms with Crippen molar-refractivity contribution in [3.63, 3.8) is 0 Å². The number of allylic oxidation sites excluding steroid dienone is 7. The first-order valence-corrected chi connectivity index (χ1v) is 13.2. The highest BCUT2D eigenvalue weighted by atomic mass is 14.4. The Balaban J connectivity index is 1.55. The molecule has 0 N–H and O–H groups in total. The van der Waals surface area contributed by atoms with E-state index in [1.807, 2.05) is 0 Å². The van der Waals surface area contributed by atoms with Crippen molar-refractivity contribution in [2.45, 2.75) is 71.6 Å². The van der Waals surface area contributed by atoms with E-state index in [4.69, 9.17) is 6.58 Å². The number of rotatable bonds is 6. The molecule has 0 bridgehead atoms. The smallest absolute Gasteiger partial charge is 0.0201 e. The standard InChI is InChI=1S/C34H38/c1-6-9-22(3)32-23(4)18-31-21-30(20-26-14-15-27-10-8-11-29(27)19-26)24(5)33(31)34(32)28-16-12-25(7-2)13-17-28/h12-20,33-34H,3,5-11,21H2,1-2,4H3. The summed E-state index contributed by atoms with van der Waals surface area (Å²) >= 11 is 0. The van der Waals surface area contributed by atoms with E-state index in [-0.39, 0.29) is 0 Å². The average Bonchev–Trinajstić information content (AvgIpc) is 3.42. The van der Waals surface area contributed by atoms with Crippen molar-refractivity contribution in [3.8, 4) is 0 Å². The van der Waals surface area contributed by atoms with Crippen molar-refractivity contribution in [2.75, 3.05) is 0 Å². The lowest BCUT2D eigenvalue weighted by Crippen LogP contribution is -2.21. The quantitative estimate of drug-likeness (QED) is 0.415. The van der Waals surface area contributed by atoms with Crippen molar-refractivity contribution in [2.24, 2.45) is 5.92 Å². The molecule has 0 saturated heterocycles. The Bertz CT molecular complexity index is 1230. The Morgan fingerprint density at radius 1 is 1.00 bits per heavy atom. The third-order valence-corrected chi connectivity index (χ3v) is 8.20. The van der Waals surface area contributed by atoms with Gasteiger partial charge in [0.15, 0.2) is 0 Å². The maximum Gasteiger partial charge on any atom is 0.0201 e. The monoisotopic (exact) mass is 446 g/mol. The minimum Gasteiger partial charge on any atom is -0.0955 e. The summed E-state index contributed by atoms with van der Waals surface area (Å²) in [5, 5.41) is 0. The number of benzene rings is 2. The van der Waals surface area contributed by atoms with Crippen LogP contribution in [0.1, 0.15) is 80.2 Å². The zero-order valence-electron chi connectivity index (χ0n) is 21.2. The maximum atomic E-state index is 4.70. The zero-order chi connectivity index (χ0) is 23.8. The fourth-order valence-electron chi connectivity index (χ4n) is 6.47. The Hall–Kier alpha value is -2.86. The molecule has 0 heterocycles. The second-order valence-corrected chi connectivity index (χ2v) is 10.5. The summed E-state index contributed by atoms with van der Waals surface area (Å²) in [7, 11) is 0. The summed E-state index contributed by atoms with van der Waals surface area (Å²) in [6.07, 6.45) is 12.9. The normalized spacial score (nSPS) is 22.7. The van der Waals surface area contributed by atoms with Crippen LogP contribution in [0.2, 0.25) is 0 Å². The second-order valence-electron chi connectivity index (χ2n) is 10.5. The molecule has 5 rings (SSSR count). The summed E-state index contributed by atoms with van der Waals surface area (Å²) < 4.78 is 0. The molecule has 2 atom stereocenters. The van der Waals surface area contributed by atoms with Crippen LogP contribution in [0.4, 0.5) is 0 Å². The molecule has 2 unspecified atom stereocenters. The topological polar surface area (TPSA) is 0 Å². The van der Waals surface area contributed by atoms with Gasteiger partial charge in [0.25, 0.3) is 0 Å². The van der Waals surface area contributed by atoms with Gasteiger partial charge in [0.2, 0.25) is 0 Å². The van der Waals surface area contributed by atoms with Gasteiger partial charge in [-0.2, -0.15) is 0 Å². The third kappa shape index (κ3) is 4.09. The molecule has 1 fully saturated rings. The molecule has 0 radical (unpaired) electrons. The number of fused-ring (bicyclic) bond motifs is 2. The van der Waals surface area contributed by atoms with E-state index in [1.54, 1.807) is 11.1 Å². The second kappa shape index (κ2) is 9.41. The molecule has 34 heavy (non-hydrogen) atoms. The Labute approximate surface area is 206 Å². The van der Waals surface area contributed by atoms with E-state index < -0.39 is 0 Å². The van der Waals surface area contributed by atoms with E-state index in [1.165, 1.54) is 69.4 Å². The van der Waals surface area contributed by atoms with Gasteiger partial charge in [0, 0.05) is 11.8 Å². The van der Waals surface area contributed by atoms with E-state index in [0.29, 0.717) is 11.8 Å². The molecule has 2 aromatic carbocycles. The van der Waals surface area contributed by atoms with Gasteiger partial charge in [0.1, 0.15) is 0 Å². The molecule has 0 spiro atoms. The van der Waals surface area contributed by atoms with Crippen LogP contribution in [0.15, 0.2) is 95.1 Å². The number of hydrogen-bond acceptors (Lipinski definition) is 0. The molecule has 0 aromatic heterocycles. The van der Waals surface area contributed by atoms with Crippen LogP contribution < -0.4 is 0 Å². The van der Waals surface area contributed by atoms with Crippen molar-refractivity contribution in [3.05, 3.63) is 123 Å². The first-order chi connectivity index (χ1) is 16.5. The van der Waals surface area contributed by atoms with Crippen molar-refractivity contribution >= 4 is 6.08 Å². The Kier molecular flexibility index (Phi) is 6.34. The first kappa shape index (κ1) is 22.9. The van der Waals surface area contributed by atoms with Crippen LogP contribution in [-0.2, 0) is 19.3 Å². The van der Waals surface area contributed by atoms with Crippen molar-refractivity contribution in [1.82, 2.24) is 0 Å². The summed E-state index contributed by atoms with van der Waals surface area (Å²) in [4.78, 5) is 0. The summed E-state index contributed by atoms with van der Waals surface area (Å²) in [5.74, 6) is 0.642. The molecule has 0 nitrogen and oxygen atoms in total. The first-order valence-electron chi connectivity index (χ1n) is 13.2. The summed E-state index contributed by atoms with van der Waals surface area (Å²) in [5.41, 5.74) is 15.6. The van der Waals surface area contributed by atoms with Gasteiger partial charge in [-0.15, -0.1) is 0 Å². The minimum absolute atomic E-state index is 0.309. The largest absolute Gasteiger partial charge is 0.0955 e. The molecule has 0 amide bonds. The lowest BCUT2D eigenvalue weighted by atomic mass is 9.69. The lowest BCUT2D eigenvalue weighted by Gasteiger charge is -2.34. The molecule has 1 saturated carbocycles. The molecular weight excluding hydrogens is 408 g/mol. The highest BCUT2D eigenvalue weighted by Gasteiger charge is 2.40. The maximum absolute atomic E-state index is 4.70. The van der Waals surface area contributed by atoms with Gasteiger partial charge in [-0.25, -0.2) is 0 Å². The van der Waals surface area contributed by atoms with Gasteiger partial charge in [-0.05, 0) is 95.6 Å². The highest BCUT2D eigenvalue weighted by molar-refractivity contribution is 5.68. The molecule has 174 valence electrons. The van der Waals surface area contributed by atoms with Crippen molar-refractivity contribution in [1.29, 1.82) is 0 Å². The van der Waals surface area contributed by atoms with Crippen LogP contribution in [0.25, 0.3) is 6.08 Å². The van der Waals surface area contributed by atoms with Gasteiger partial charge in [-0.1, -0.05) is 99.2 Å². The van der Waals surface area contributed by atoms with Gasteiger partial charge < -0.3 is 0 Å². The van der Waals surface area contributed by atoms with Gasteiger partial charge >= 0.3 is 0 Å². The molecule has 0 heteroatoms. The number of aryl methyl sites for hydroxylation is 3. The molecular formula is C34H38. The lowest BCUT2D eigenvalue weighted by molar-refractivity contribution is 0.619. The van der Waals surface area contributed by atoms with Gasteiger partial charge in [-0.3, -0.25) is 0 Å². The highest BCUT2D eigenvalue weighted by Crippen LogP contribution is 2.55. The SMILES string of the molecule is C=C(CCC)C1=C(C)C=C2CC(=Cc3ccc4c(c3)CCC4)C(=C)C2C1c1ccc(CC)cc1. The third-order valence-electron chi connectivity index (χ3n) is 8.20. The summed E-state index contributed by atoms with van der Waals surface area (Å²) in [6.45, 7) is 16.0.